The molecule has 12 heteroatoms. The van der Waals surface area contributed by atoms with Crippen LogP contribution in [0.2, 0.25) is 0 Å². The van der Waals surface area contributed by atoms with E-state index in [-0.39, 0.29) is 11.3 Å². The molecule has 3 aromatic heterocycles. The van der Waals surface area contributed by atoms with Crippen molar-refractivity contribution in [2.75, 3.05) is 18.4 Å². The van der Waals surface area contributed by atoms with E-state index in [2.05, 4.69) is 25.7 Å². The molecule has 3 N–H and O–H groups in total. The van der Waals surface area contributed by atoms with Crippen molar-refractivity contribution in [1.82, 2.24) is 24.9 Å². The monoisotopic (exact) mass is 447 g/mol. The summed E-state index contributed by atoms with van der Waals surface area (Å²) in [4.78, 5) is 20.9. The number of carbonyl (C=O) groups excluding carboxylic acids is 1. The molecule has 9 nitrogen and oxygen atoms in total. The van der Waals surface area contributed by atoms with Gasteiger partial charge in [0, 0.05) is 12.4 Å². The van der Waals surface area contributed by atoms with Crippen LogP contribution in [-0.2, 0) is 0 Å². The standard InChI is InChI=1S/C20H20F3N7O2/c1-20(2,32)16(21)8-28-19(31)13-6-25-14(3-15(13)26-9-17(22)23)12-7-29-30-10-11(4-24)5-27-18(12)30/h3,5-7,10,16-17,32H,8-9H2,1-2H3,(H,25,26)(H,28,31)/t16-/m1/s1. The summed E-state index contributed by atoms with van der Waals surface area (Å²) in [5.74, 6) is -0.746. The van der Waals surface area contributed by atoms with Crippen LogP contribution in [0.5, 0.6) is 0 Å². The molecule has 0 aliphatic carbocycles. The van der Waals surface area contributed by atoms with Crippen molar-refractivity contribution in [1.29, 1.82) is 5.26 Å². The third kappa shape index (κ3) is 5.12. The number of carbonyl (C=O) groups is 1. The predicted molar refractivity (Wildman–Crippen MR) is 109 cm³/mol. The second kappa shape index (κ2) is 9.19. The number of rotatable bonds is 8. The lowest BCUT2D eigenvalue weighted by Crippen LogP contribution is -2.42. The highest BCUT2D eigenvalue weighted by Crippen LogP contribution is 2.26. The first-order valence-electron chi connectivity index (χ1n) is 9.50. The van der Waals surface area contributed by atoms with Crippen molar-refractivity contribution in [3.05, 3.63) is 42.0 Å². The van der Waals surface area contributed by atoms with Crippen LogP contribution in [0.15, 0.2) is 30.9 Å². The Balaban J connectivity index is 1.93. The van der Waals surface area contributed by atoms with Crippen molar-refractivity contribution in [3.8, 4) is 17.3 Å². The van der Waals surface area contributed by atoms with E-state index in [1.807, 2.05) is 6.07 Å². The molecule has 0 aliphatic rings. The molecule has 0 bridgehead atoms. The Morgan fingerprint density at radius 1 is 1.25 bits per heavy atom. The van der Waals surface area contributed by atoms with Crippen LogP contribution in [0.25, 0.3) is 16.9 Å². The van der Waals surface area contributed by atoms with Gasteiger partial charge in [-0.25, -0.2) is 22.7 Å². The third-order valence-electron chi connectivity index (χ3n) is 4.57. The van der Waals surface area contributed by atoms with Gasteiger partial charge in [0.1, 0.15) is 12.2 Å². The number of hydrogen-bond donors (Lipinski definition) is 3. The Kier molecular flexibility index (Phi) is 6.59. The van der Waals surface area contributed by atoms with Gasteiger partial charge < -0.3 is 15.7 Å². The van der Waals surface area contributed by atoms with E-state index in [4.69, 9.17) is 5.26 Å². The summed E-state index contributed by atoms with van der Waals surface area (Å²) in [5.41, 5.74) is -0.262. The van der Waals surface area contributed by atoms with Gasteiger partial charge in [-0.15, -0.1) is 0 Å². The molecular formula is C20H20F3N7O2. The van der Waals surface area contributed by atoms with Gasteiger partial charge in [-0.3, -0.25) is 9.78 Å². The van der Waals surface area contributed by atoms with Crippen LogP contribution in [0.4, 0.5) is 18.9 Å². The van der Waals surface area contributed by atoms with Crippen molar-refractivity contribution < 1.29 is 23.1 Å². The van der Waals surface area contributed by atoms with E-state index in [9.17, 15) is 23.1 Å². The van der Waals surface area contributed by atoms with Gasteiger partial charge in [-0.1, -0.05) is 0 Å². The summed E-state index contributed by atoms with van der Waals surface area (Å²) in [6.07, 6.45) is 1.02. The molecule has 0 spiro atoms. The largest absolute Gasteiger partial charge is 0.387 e. The zero-order chi connectivity index (χ0) is 23.5. The summed E-state index contributed by atoms with van der Waals surface area (Å²) in [6.45, 7) is 1.33. The van der Waals surface area contributed by atoms with Gasteiger partial charge in [-0.2, -0.15) is 10.4 Å². The van der Waals surface area contributed by atoms with Crippen LogP contribution in [0.3, 0.4) is 0 Å². The van der Waals surface area contributed by atoms with Crippen LogP contribution in [0, 0.1) is 11.3 Å². The number of fused-ring (bicyclic) bond motifs is 1. The SMILES string of the molecule is CC(C)(O)[C@H](F)CNC(=O)c1cnc(-c2cnn3cc(C#N)cnc23)cc1NCC(F)F. The van der Waals surface area contributed by atoms with Gasteiger partial charge in [0.15, 0.2) is 5.65 Å². The maximum atomic E-state index is 14.0. The summed E-state index contributed by atoms with van der Waals surface area (Å²) >= 11 is 0. The van der Waals surface area contributed by atoms with Crippen LogP contribution >= 0.6 is 0 Å². The third-order valence-corrected chi connectivity index (χ3v) is 4.57. The van der Waals surface area contributed by atoms with Crippen molar-refractivity contribution >= 4 is 17.2 Å². The summed E-state index contributed by atoms with van der Waals surface area (Å²) < 4.78 is 40.9. The maximum absolute atomic E-state index is 14.0. The van der Waals surface area contributed by atoms with Gasteiger partial charge in [0.05, 0.1) is 59.2 Å². The minimum atomic E-state index is -2.68. The van der Waals surface area contributed by atoms with Gasteiger partial charge in [0.25, 0.3) is 12.3 Å². The average molecular weight is 447 g/mol. The van der Waals surface area contributed by atoms with E-state index in [0.29, 0.717) is 22.5 Å². The van der Waals surface area contributed by atoms with E-state index < -0.39 is 37.2 Å². The molecule has 0 saturated heterocycles. The number of pyridine rings is 1. The molecule has 0 radical (unpaired) electrons. The second-order valence-corrected chi connectivity index (χ2v) is 7.50. The molecule has 1 amide bonds. The summed E-state index contributed by atoms with van der Waals surface area (Å²) in [6, 6.07) is 3.33. The first-order chi connectivity index (χ1) is 15.1. The molecular weight excluding hydrogens is 427 g/mol. The highest BCUT2D eigenvalue weighted by Gasteiger charge is 2.27. The fourth-order valence-electron chi connectivity index (χ4n) is 2.76. The van der Waals surface area contributed by atoms with Crippen LogP contribution in [0.1, 0.15) is 29.8 Å². The molecule has 168 valence electrons. The first kappa shape index (κ1) is 23.0. The molecule has 32 heavy (non-hydrogen) atoms. The molecule has 0 fully saturated rings. The van der Waals surface area contributed by atoms with Gasteiger partial charge in [0.2, 0.25) is 0 Å². The minimum Gasteiger partial charge on any atom is -0.387 e. The van der Waals surface area contributed by atoms with Gasteiger partial charge in [-0.05, 0) is 19.9 Å². The minimum absolute atomic E-state index is 0.0551. The number of alkyl halides is 3. The number of nitriles is 1. The van der Waals surface area contributed by atoms with Crippen molar-refractivity contribution in [3.63, 3.8) is 0 Å². The molecule has 0 unspecified atom stereocenters. The smallest absolute Gasteiger partial charge is 0.255 e. The zero-order valence-electron chi connectivity index (χ0n) is 17.2. The lowest BCUT2D eigenvalue weighted by molar-refractivity contribution is -0.00177. The number of nitrogens with one attached hydrogen (secondary N) is 2. The average Bonchev–Trinajstić information content (AvgIpc) is 3.17. The summed E-state index contributed by atoms with van der Waals surface area (Å²) in [5, 5.41) is 27.6. The molecule has 3 aromatic rings. The first-order valence-corrected chi connectivity index (χ1v) is 9.50. The number of nitrogens with zero attached hydrogens (tertiary/aromatic N) is 5. The van der Waals surface area contributed by atoms with Crippen molar-refractivity contribution in [2.45, 2.75) is 32.0 Å². The van der Waals surface area contributed by atoms with E-state index in [1.54, 1.807) is 0 Å². The lowest BCUT2D eigenvalue weighted by atomic mass is 10.0. The normalized spacial score (nSPS) is 12.6. The van der Waals surface area contributed by atoms with Crippen LogP contribution in [-0.4, -0.2) is 61.9 Å². The predicted octanol–water partition coefficient (Wildman–Crippen LogP) is 2.18. The number of aromatic nitrogens is 4. The Morgan fingerprint density at radius 3 is 2.66 bits per heavy atom. The molecule has 0 saturated carbocycles. The van der Waals surface area contributed by atoms with Crippen molar-refractivity contribution in [2.24, 2.45) is 0 Å². The number of aliphatic hydroxyl groups is 1. The highest BCUT2D eigenvalue weighted by molar-refractivity contribution is 6.00. The maximum Gasteiger partial charge on any atom is 0.255 e. The second-order valence-electron chi connectivity index (χ2n) is 7.50. The Hall–Kier alpha value is -3.72. The van der Waals surface area contributed by atoms with E-state index in [0.717, 1.165) is 0 Å². The molecule has 0 aromatic carbocycles. The van der Waals surface area contributed by atoms with E-state index >= 15 is 0 Å². The molecule has 3 rings (SSSR count). The van der Waals surface area contributed by atoms with Gasteiger partial charge >= 0.3 is 0 Å². The van der Waals surface area contributed by atoms with E-state index in [1.165, 1.54) is 49.2 Å². The Morgan fingerprint density at radius 2 is 2.00 bits per heavy atom. The number of anilines is 1. The lowest BCUT2D eigenvalue weighted by Gasteiger charge is -2.22. The molecule has 0 aliphatic heterocycles. The number of amides is 1. The number of hydrogen-bond acceptors (Lipinski definition) is 7. The summed E-state index contributed by atoms with van der Waals surface area (Å²) in [7, 11) is 0. The number of halogens is 3. The molecule has 3 heterocycles. The Labute approximate surface area is 180 Å². The zero-order valence-corrected chi connectivity index (χ0v) is 17.2. The quantitative estimate of drug-likeness (QED) is 0.483. The highest BCUT2D eigenvalue weighted by atomic mass is 19.3. The van der Waals surface area contributed by atoms with Crippen LogP contribution < -0.4 is 10.6 Å². The topological polar surface area (TPSA) is 128 Å². The Bertz CT molecular complexity index is 1170. The fourth-order valence-corrected chi connectivity index (χ4v) is 2.76. The fraction of sp³-hybridized carbons (Fsp3) is 0.350. The molecule has 1 atom stereocenters.